The summed E-state index contributed by atoms with van der Waals surface area (Å²) in [5.41, 5.74) is 3.90. The first-order valence-corrected chi connectivity index (χ1v) is 11.3. The van der Waals surface area contributed by atoms with Gasteiger partial charge in [0.05, 0.1) is 18.2 Å². The summed E-state index contributed by atoms with van der Waals surface area (Å²) in [4.78, 5) is 38.0. The van der Waals surface area contributed by atoms with E-state index < -0.39 is 18.0 Å². The Hall–Kier alpha value is -3.61. The van der Waals surface area contributed by atoms with E-state index in [9.17, 15) is 14.4 Å². The normalized spacial score (nSPS) is 15.9. The summed E-state index contributed by atoms with van der Waals surface area (Å²) in [6, 6.07) is 16.9. The van der Waals surface area contributed by atoms with Gasteiger partial charge in [-0.25, -0.2) is 9.59 Å². The Morgan fingerprint density at radius 1 is 1.00 bits per heavy atom. The van der Waals surface area contributed by atoms with Crippen molar-refractivity contribution in [2.45, 2.75) is 45.6 Å². The van der Waals surface area contributed by atoms with Crippen molar-refractivity contribution in [3.8, 4) is 11.1 Å². The Labute approximate surface area is 194 Å². The van der Waals surface area contributed by atoms with Crippen LogP contribution in [0.3, 0.4) is 0 Å². The van der Waals surface area contributed by atoms with Gasteiger partial charge in [-0.15, -0.1) is 0 Å². The van der Waals surface area contributed by atoms with Crippen LogP contribution in [0, 0.1) is 0 Å². The number of hydrogen-bond acceptors (Lipinski definition) is 4. The number of benzene rings is 2. The van der Waals surface area contributed by atoms with Crippen LogP contribution in [0.2, 0.25) is 0 Å². The van der Waals surface area contributed by atoms with Crippen LogP contribution in [0.25, 0.3) is 11.1 Å². The van der Waals surface area contributed by atoms with Crippen LogP contribution in [0.15, 0.2) is 65.9 Å². The van der Waals surface area contributed by atoms with Crippen molar-refractivity contribution < 1.29 is 24.2 Å². The Kier molecular flexibility index (Phi) is 8.24. The molecule has 1 atom stereocenters. The quantitative estimate of drug-likeness (QED) is 0.396. The van der Waals surface area contributed by atoms with Crippen molar-refractivity contribution in [1.29, 1.82) is 0 Å². The molecule has 0 aliphatic carbocycles. The highest BCUT2D eigenvalue weighted by atomic mass is 16.5. The minimum absolute atomic E-state index is 0.107. The second kappa shape index (κ2) is 11.3. The van der Waals surface area contributed by atoms with Gasteiger partial charge in [0.15, 0.2) is 0 Å². The molecule has 0 spiro atoms. The first kappa shape index (κ1) is 24.0. The predicted molar refractivity (Wildman–Crippen MR) is 125 cm³/mol. The van der Waals surface area contributed by atoms with Crippen LogP contribution in [0.1, 0.15) is 51.1 Å². The number of aliphatic carboxylic acids is 1. The Morgan fingerprint density at radius 2 is 1.67 bits per heavy atom. The van der Waals surface area contributed by atoms with E-state index in [1.165, 1.54) is 0 Å². The van der Waals surface area contributed by atoms with Crippen molar-refractivity contribution in [3.63, 3.8) is 0 Å². The number of urea groups is 1. The molecular weight excluding hydrogens is 420 g/mol. The van der Waals surface area contributed by atoms with Gasteiger partial charge in [-0.05, 0) is 43.4 Å². The van der Waals surface area contributed by atoms with E-state index in [-0.39, 0.29) is 19.1 Å². The fourth-order valence-electron chi connectivity index (χ4n) is 4.00. The molecule has 1 heterocycles. The zero-order valence-corrected chi connectivity index (χ0v) is 19.0. The molecule has 2 aromatic carbocycles. The van der Waals surface area contributed by atoms with Crippen LogP contribution >= 0.6 is 0 Å². The fraction of sp³-hybridized carbons (Fsp3) is 0.346. The number of nitrogens with one attached hydrogen (secondary N) is 1. The molecule has 7 heteroatoms. The molecule has 2 N–H and O–H groups in total. The average molecular weight is 451 g/mol. The molecule has 2 aromatic rings. The Morgan fingerprint density at radius 3 is 2.30 bits per heavy atom. The largest absolute Gasteiger partial charge is 0.481 e. The lowest BCUT2D eigenvalue weighted by Gasteiger charge is -2.35. The van der Waals surface area contributed by atoms with Crippen LogP contribution in [-0.4, -0.2) is 41.1 Å². The summed E-state index contributed by atoms with van der Waals surface area (Å²) in [5, 5.41) is 11.7. The summed E-state index contributed by atoms with van der Waals surface area (Å²) in [6.45, 7) is 4.14. The van der Waals surface area contributed by atoms with Crippen molar-refractivity contribution in [2.24, 2.45) is 0 Å². The number of carbonyl (C=O) groups is 3. The summed E-state index contributed by atoms with van der Waals surface area (Å²) < 4.78 is 5.31. The number of carboxylic acid groups (broad SMARTS) is 1. The number of nitrogens with zero attached hydrogens (tertiary/aromatic N) is 1. The third kappa shape index (κ3) is 6.00. The third-order valence-electron chi connectivity index (χ3n) is 5.72. The minimum Gasteiger partial charge on any atom is -0.481 e. The number of amides is 2. The number of carbonyl (C=O) groups excluding carboxylic acids is 2. The zero-order chi connectivity index (χ0) is 23.8. The van der Waals surface area contributed by atoms with Gasteiger partial charge >= 0.3 is 18.0 Å². The molecule has 0 saturated carbocycles. The standard InChI is InChI=1S/C26H30N2O5/c1-3-33-25(31)23-18(2)28(17-9-5-8-12-22(29)30)26(32)27-24(23)21-15-13-20(14-16-21)19-10-6-4-7-11-19/h4,6-7,10-11,13-16,24H,3,5,8-9,12,17H2,1-2H3,(H,27,32)(H,29,30). The highest BCUT2D eigenvalue weighted by Gasteiger charge is 2.36. The molecule has 33 heavy (non-hydrogen) atoms. The Bertz CT molecular complexity index is 1010. The molecule has 174 valence electrons. The molecule has 0 aromatic heterocycles. The van der Waals surface area contributed by atoms with E-state index in [4.69, 9.17) is 9.84 Å². The topological polar surface area (TPSA) is 95.9 Å². The van der Waals surface area contributed by atoms with Gasteiger partial charge in [0.25, 0.3) is 0 Å². The number of rotatable bonds is 10. The van der Waals surface area contributed by atoms with Gasteiger partial charge in [-0.2, -0.15) is 0 Å². The van der Waals surface area contributed by atoms with Crippen molar-refractivity contribution >= 4 is 18.0 Å². The lowest BCUT2D eigenvalue weighted by Crippen LogP contribution is -2.48. The van der Waals surface area contributed by atoms with Crippen LogP contribution in [0.4, 0.5) is 4.79 Å². The van der Waals surface area contributed by atoms with E-state index in [0.717, 1.165) is 16.7 Å². The van der Waals surface area contributed by atoms with Gasteiger partial charge in [-0.1, -0.05) is 61.0 Å². The average Bonchev–Trinajstić information content (AvgIpc) is 2.81. The molecule has 3 rings (SSSR count). The molecule has 1 unspecified atom stereocenters. The van der Waals surface area contributed by atoms with Crippen molar-refractivity contribution in [1.82, 2.24) is 10.2 Å². The number of carboxylic acids is 1. The maximum atomic E-state index is 12.9. The van der Waals surface area contributed by atoms with Crippen molar-refractivity contribution in [3.05, 3.63) is 71.4 Å². The first-order valence-electron chi connectivity index (χ1n) is 11.3. The zero-order valence-electron chi connectivity index (χ0n) is 19.0. The number of unbranched alkanes of at least 4 members (excludes halogenated alkanes) is 2. The molecule has 1 aliphatic rings. The van der Waals surface area contributed by atoms with E-state index in [0.29, 0.717) is 37.1 Å². The summed E-state index contributed by atoms with van der Waals surface area (Å²) in [7, 11) is 0. The molecule has 2 amide bonds. The number of hydrogen-bond donors (Lipinski definition) is 2. The van der Waals surface area contributed by atoms with Gasteiger partial charge in [0.1, 0.15) is 0 Å². The maximum absolute atomic E-state index is 12.9. The monoisotopic (exact) mass is 450 g/mol. The van der Waals surface area contributed by atoms with Crippen LogP contribution in [0.5, 0.6) is 0 Å². The summed E-state index contributed by atoms with van der Waals surface area (Å²) in [6.07, 6.45) is 1.98. The highest BCUT2D eigenvalue weighted by molar-refractivity contribution is 5.95. The lowest BCUT2D eigenvalue weighted by molar-refractivity contribution is -0.139. The number of allylic oxidation sites excluding steroid dienone is 1. The third-order valence-corrected chi connectivity index (χ3v) is 5.72. The van der Waals surface area contributed by atoms with E-state index in [1.54, 1.807) is 18.7 Å². The maximum Gasteiger partial charge on any atom is 0.338 e. The highest BCUT2D eigenvalue weighted by Crippen LogP contribution is 2.32. The fourth-order valence-corrected chi connectivity index (χ4v) is 4.00. The molecule has 1 aliphatic heterocycles. The SMILES string of the molecule is CCOC(=O)C1=C(C)N(CCCCCC(=O)O)C(=O)NC1c1ccc(-c2ccccc2)cc1. The molecule has 0 saturated heterocycles. The van der Waals surface area contributed by atoms with E-state index >= 15 is 0 Å². The second-order valence-electron chi connectivity index (χ2n) is 7.95. The van der Waals surface area contributed by atoms with Gasteiger partial charge in [-0.3, -0.25) is 9.69 Å². The van der Waals surface area contributed by atoms with Crippen molar-refractivity contribution in [2.75, 3.05) is 13.2 Å². The van der Waals surface area contributed by atoms with Gasteiger partial charge in [0, 0.05) is 18.7 Å². The van der Waals surface area contributed by atoms with Gasteiger partial charge in [0.2, 0.25) is 0 Å². The minimum atomic E-state index is -0.826. The lowest BCUT2D eigenvalue weighted by atomic mass is 9.93. The first-order chi connectivity index (χ1) is 15.9. The predicted octanol–water partition coefficient (Wildman–Crippen LogP) is 4.90. The van der Waals surface area contributed by atoms with E-state index in [2.05, 4.69) is 5.32 Å². The second-order valence-corrected chi connectivity index (χ2v) is 7.95. The summed E-state index contributed by atoms with van der Waals surface area (Å²) in [5.74, 6) is -1.28. The summed E-state index contributed by atoms with van der Waals surface area (Å²) >= 11 is 0. The van der Waals surface area contributed by atoms with Crippen LogP contribution in [-0.2, 0) is 14.3 Å². The van der Waals surface area contributed by atoms with E-state index in [1.807, 2.05) is 54.6 Å². The van der Waals surface area contributed by atoms with Crippen LogP contribution < -0.4 is 5.32 Å². The number of ether oxygens (including phenoxy) is 1. The number of esters is 1. The molecular formula is C26H30N2O5. The molecule has 0 radical (unpaired) electrons. The smallest absolute Gasteiger partial charge is 0.338 e. The molecule has 0 bridgehead atoms. The molecule has 7 nitrogen and oxygen atoms in total. The van der Waals surface area contributed by atoms with Gasteiger partial charge < -0.3 is 15.2 Å². The molecule has 0 fully saturated rings. The Balaban J connectivity index is 1.83.